The van der Waals surface area contributed by atoms with Gasteiger partial charge in [0.1, 0.15) is 24.6 Å². The molecule has 0 amide bonds. The maximum atomic E-state index is 13.2. The van der Waals surface area contributed by atoms with Crippen LogP contribution in [0.1, 0.15) is 34.6 Å². The Balaban J connectivity index is 3.48. The third-order valence-corrected chi connectivity index (χ3v) is 10.9. The van der Waals surface area contributed by atoms with E-state index < -0.39 is 66.2 Å². The van der Waals surface area contributed by atoms with Crippen molar-refractivity contribution >= 4 is 53.3 Å². The van der Waals surface area contributed by atoms with Crippen molar-refractivity contribution in [2.45, 2.75) is 52.9 Å². The number of carbonyl (C=O) groups is 2. The smallest absolute Gasteiger partial charge is 0.465 e. The second-order valence-corrected chi connectivity index (χ2v) is 14.6. The molecule has 0 spiro atoms. The summed E-state index contributed by atoms with van der Waals surface area (Å²) in [5.74, 6) is -2.15. The van der Waals surface area contributed by atoms with Crippen LogP contribution in [0.3, 0.4) is 0 Å². The SMILES string of the molecule is COP(=O)(O)OP(=O)(OC)OP(=O)(OC)OC[C@H]1O[C@@H](CN(C=N)C(/N=C(\C)N)=C(\C)C(C)=N)[C@H](OC(C)=O)[C@@H]1COC(C)=O. The van der Waals surface area contributed by atoms with Crippen LogP contribution in [0.2, 0.25) is 0 Å². The second kappa shape index (κ2) is 17.5. The van der Waals surface area contributed by atoms with Crippen molar-refractivity contribution < 1.29 is 69.1 Å². The number of phosphoric ester groups is 2. The van der Waals surface area contributed by atoms with Gasteiger partial charge in [-0.2, -0.15) is 8.62 Å². The van der Waals surface area contributed by atoms with Crippen molar-refractivity contribution in [3.8, 4) is 0 Å². The number of nitrogens with zero attached hydrogens (tertiary/aromatic N) is 2. The number of hydrogen-bond acceptors (Lipinski definition) is 17. The minimum atomic E-state index is -5.09. The largest absolute Gasteiger partial charge is 0.492 e. The standard InChI is InChI=1S/C22H40N5O15P3/c1-13(14(2)24)22(26-15(3)25)27(12-23)9-19-21(39-17(5)29)18(10-37-16(4)28)20(40-19)11-38-44(32,35-7)42-45(33,36-8)41-43(30,31)34-6/h12,18-21,23-24H,9-11H2,1-8H3,(H2,25,26)(H,30,31)/b22-13+,23-12?,24-14?/t18-,19+,20-,21-,44?,45?/m1/s1. The number of rotatable bonds is 19. The van der Waals surface area contributed by atoms with E-state index in [1.165, 1.54) is 18.7 Å². The number of ether oxygens (including phenoxy) is 3. The third-order valence-electron chi connectivity index (χ3n) is 5.86. The molecule has 45 heavy (non-hydrogen) atoms. The van der Waals surface area contributed by atoms with Gasteiger partial charge in [0, 0.05) is 46.5 Å². The highest BCUT2D eigenvalue weighted by Gasteiger charge is 2.50. The summed E-state index contributed by atoms with van der Waals surface area (Å²) in [6, 6.07) is 0. The minimum absolute atomic E-state index is 0.121. The Morgan fingerprint density at radius 3 is 2.00 bits per heavy atom. The van der Waals surface area contributed by atoms with E-state index >= 15 is 0 Å². The second-order valence-electron chi connectivity index (χ2n) is 9.23. The van der Waals surface area contributed by atoms with Crippen LogP contribution in [-0.2, 0) is 64.2 Å². The fourth-order valence-corrected chi connectivity index (χ4v) is 7.77. The van der Waals surface area contributed by atoms with Gasteiger partial charge in [0.25, 0.3) is 0 Å². The fourth-order valence-electron chi connectivity index (χ4n) is 3.70. The average molecular weight is 708 g/mol. The van der Waals surface area contributed by atoms with Gasteiger partial charge in [0.05, 0.1) is 37.3 Å². The summed E-state index contributed by atoms with van der Waals surface area (Å²) in [4.78, 5) is 38.8. The molecule has 0 radical (unpaired) electrons. The van der Waals surface area contributed by atoms with Crippen LogP contribution in [0.5, 0.6) is 0 Å². The van der Waals surface area contributed by atoms with Crippen molar-refractivity contribution in [3.63, 3.8) is 0 Å². The molecule has 1 saturated heterocycles. The molecule has 0 aromatic rings. The van der Waals surface area contributed by atoms with E-state index in [4.69, 9.17) is 44.1 Å². The molecule has 1 aliphatic heterocycles. The van der Waals surface area contributed by atoms with Gasteiger partial charge in [-0.3, -0.25) is 33.1 Å². The van der Waals surface area contributed by atoms with Crippen LogP contribution in [0, 0.1) is 16.7 Å². The van der Waals surface area contributed by atoms with E-state index in [0.717, 1.165) is 41.5 Å². The summed E-state index contributed by atoms with van der Waals surface area (Å²) >= 11 is 0. The van der Waals surface area contributed by atoms with Crippen LogP contribution >= 0.6 is 23.5 Å². The summed E-state index contributed by atoms with van der Waals surface area (Å²) < 4.78 is 82.3. The molecule has 3 unspecified atom stereocenters. The number of nitrogens with two attached hydrogens (primary N) is 1. The Morgan fingerprint density at radius 1 is 0.956 bits per heavy atom. The molecular weight excluding hydrogens is 667 g/mol. The first kappa shape index (κ1) is 40.7. The van der Waals surface area contributed by atoms with Gasteiger partial charge in [0.15, 0.2) is 0 Å². The molecule has 0 aromatic carbocycles. The normalized spacial score (nSPS) is 24.8. The average Bonchev–Trinajstić information content (AvgIpc) is 3.26. The molecule has 0 aromatic heterocycles. The van der Waals surface area contributed by atoms with Crippen LogP contribution in [0.15, 0.2) is 16.4 Å². The van der Waals surface area contributed by atoms with Gasteiger partial charge in [0.2, 0.25) is 0 Å². The number of nitrogens with one attached hydrogen (secondary N) is 2. The Morgan fingerprint density at radius 2 is 1.56 bits per heavy atom. The summed E-state index contributed by atoms with van der Waals surface area (Å²) in [5.41, 5.74) is 6.27. The number of phosphoric acid groups is 3. The van der Waals surface area contributed by atoms with Crippen LogP contribution in [-0.4, -0.2) is 99.0 Å². The molecule has 0 bridgehead atoms. The number of esters is 2. The zero-order valence-corrected chi connectivity index (χ0v) is 28.7. The topological polar surface area (TPSA) is 278 Å². The van der Waals surface area contributed by atoms with Crippen molar-refractivity contribution in [3.05, 3.63) is 11.4 Å². The molecule has 5 N–H and O–H groups in total. The molecule has 23 heteroatoms. The summed E-state index contributed by atoms with van der Waals surface area (Å²) in [6.07, 6.45) is -2.53. The van der Waals surface area contributed by atoms with Gasteiger partial charge in [-0.1, -0.05) is 0 Å². The first-order chi connectivity index (χ1) is 20.8. The number of amidine groups is 1. The molecule has 7 atom stereocenters. The number of hydrogen-bond donors (Lipinski definition) is 4. The van der Waals surface area contributed by atoms with Gasteiger partial charge < -0.3 is 35.1 Å². The maximum Gasteiger partial charge on any atom is 0.492 e. The number of allylic oxidation sites excluding steroid dienone is 1. The minimum Gasteiger partial charge on any atom is -0.465 e. The first-order valence-corrected chi connectivity index (χ1v) is 17.2. The van der Waals surface area contributed by atoms with E-state index in [2.05, 4.69) is 18.4 Å². The summed E-state index contributed by atoms with van der Waals surface area (Å²) in [6.45, 7) is 5.56. The summed E-state index contributed by atoms with van der Waals surface area (Å²) in [5, 5.41) is 16.0. The molecule has 0 aliphatic carbocycles. The van der Waals surface area contributed by atoms with Crippen molar-refractivity contribution in [1.82, 2.24) is 4.90 Å². The highest BCUT2D eigenvalue weighted by Crippen LogP contribution is 2.71. The van der Waals surface area contributed by atoms with Gasteiger partial charge in [-0.15, -0.1) is 0 Å². The predicted molar refractivity (Wildman–Crippen MR) is 157 cm³/mol. The molecule has 20 nitrogen and oxygen atoms in total. The van der Waals surface area contributed by atoms with Crippen molar-refractivity contribution in [2.75, 3.05) is 41.1 Å². The Bertz CT molecular complexity index is 1300. The van der Waals surface area contributed by atoms with Crippen LogP contribution in [0.4, 0.5) is 0 Å². The maximum absolute atomic E-state index is 13.2. The Kier molecular flexibility index (Phi) is 15.9. The highest BCUT2D eigenvalue weighted by molar-refractivity contribution is 7.67. The summed E-state index contributed by atoms with van der Waals surface area (Å²) in [7, 11) is -12.6. The zero-order valence-electron chi connectivity index (χ0n) is 26.0. The molecule has 1 rings (SSSR count). The Hall–Kier alpha value is -2.34. The van der Waals surface area contributed by atoms with Crippen molar-refractivity contribution in [1.29, 1.82) is 10.8 Å². The quantitative estimate of drug-likeness (QED) is 0.0650. The molecule has 0 saturated carbocycles. The van der Waals surface area contributed by atoms with Crippen LogP contribution in [0.25, 0.3) is 0 Å². The van der Waals surface area contributed by atoms with Crippen molar-refractivity contribution in [2.24, 2.45) is 16.6 Å². The van der Waals surface area contributed by atoms with E-state index in [1.54, 1.807) is 6.92 Å². The molecule has 1 aliphatic rings. The monoisotopic (exact) mass is 707 g/mol. The van der Waals surface area contributed by atoms with E-state index in [9.17, 15) is 28.2 Å². The van der Waals surface area contributed by atoms with Gasteiger partial charge in [-0.25, -0.2) is 18.7 Å². The lowest BCUT2D eigenvalue weighted by atomic mass is 9.96. The van der Waals surface area contributed by atoms with Crippen LogP contribution < -0.4 is 5.73 Å². The lowest BCUT2D eigenvalue weighted by Crippen LogP contribution is -2.41. The lowest BCUT2D eigenvalue weighted by molar-refractivity contribution is -0.153. The predicted octanol–water partition coefficient (Wildman–Crippen LogP) is 2.73. The van der Waals surface area contributed by atoms with E-state index in [0.29, 0.717) is 5.57 Å². The molecular formula is C22H40N5O15P3. The lowest BCUT2D eigenvalue weighted by Gasteiger charge is -2.28. The first-order valence-electron chi connectivity index (χ1n) is 12.8. The zero-order chi connectivity index (χ0) is 34.8. The highest BCUT2D eigenvalue weighted by atomic mass is 31.3. The number of aliphatic imine (C=N–C) groups is 1. The van der Waals surface area contributed by atoms with E-state index in [1.807, 2.05) is 0 Å². The van der Waals surface area contributed by atoms with Gasteiger partial charge >= 0.3 is 35.4 Å². The third kappa shape index (κ3) is 12.8. The Labute approximate surface area is 260 Å². The number of carbonyl (C=O) groups excluding carboxylic acids is 2. The molecule has 258 valence electrons. The van der Waals surface area contributed by atoms with Gasteiger partial charge in [-0.05, 0) is 20.8 Å². The molecule has 1 heterocycles. The molecule has 1 fully saturated rings. The fraction of sp³-hybridized carbons (Fsp3) is 0.682. The van der Waals surface area contributed by atoms with E-state index in [-0.39, 0.29) is 30.5 Å².